The molecule has 2 aliphatic carbocycles. The molecule has 0 amide bonds. The molecule has 0 radical (unpaired) electrons. The highest BCUT2D eigenvalue weighted by molar-refractivity contribution is 5.08. The lowest BCUT2D eigenvalue weighted by Gasteiger charge is -2.34. The van der Waals surface area contributed by atoms with Gasteiger partial charge >= 0.3 is 0 Å². The van der Waals surface area contributed by atoms with Gasteiger partial charge in [-0.2, -0.15) is 0 Å². The molecule has 0 unspecified atom stereocenters. The minimum Gasteiger partial charge on any atom is -0.342 e. The summed E-state index contributed by atoms with van der Waals surface area (Å²) >= 11 is 0. The van der Waals surface area contributed by atoms with Crippen LogP contribution in [0.1, 0.15) is 130 Å². The highest BCUT2D eigenvalue weighted by Gasteiger charge is 2.45. The maximum Gasteiger partial charge on any atom is 0.180 e. The zero-order chi connectivity index (χ0) is 25.0. The summed E-state index contributed by atoms with van der Waals surface area (Å²) in [7, 11) is 0. The first-order valence-electron chi connectivity index (χ1n) is 14.9. The molecule has 0 aromatic heterocycles. The molecule has 2 heteroatoms. The molecule has 198 valence electrons. The molecular formula is C33H54O2. The zero-order valence-corrected chi connectivity index (χ0v) is 23.5. The van der Waals surface area contributed by atoms with Crippen molar-refractivity contribution in [3.8, 4) is 0 Å². The number of hydrogen-bond donors (Lipinski definition) is 0. The minimum absolute atomic E-state index is 0.186. The number of rotatable bonds is 12. The average molecular weight is 483 g/mol. The van der Waals surface area contributed by atoms with Gasteiger partial charge in [-0.3, -0.25) is 0 Å². The van der Waals surface area contributed by atoms with Crippen LogP contribution in [0.4, 0.5) is 0 Å². The van der Waals surface area contributed by atoms with Crippen molar-refractivity contribution in [2.45, 2.75) is 149 Å². The Balaban J connectivity index is 1.44. The van der Waals surface area contributed by atoms with Crippen LogP contribution in [0.15, 0.2) is 47.1 Å². The van der Waals surface area contributed by atoms with E-state index >= 15 is 0 Å². The fourth-order valence-corrected chi connectivity index (χ4v) is 6.31. The van der Waals surface area contributed by atoms with E-state index in [2.05, 4.69) is 52.5 Å². The number of ether oxygens (including phenoxy) is 2. The van der Waals surface area contributed by atoms with Gasteiger partial charge in [0, 0.05) is 0 Å². The molecule has 1 aliphatic heterocycles. The molecule has 2 saturated carbocycles. The molecule has 3 rings (SSSR count). The lowest BCUT2D eigenvalue weighted by Crippen LogP contribution is -2.38. The van der Waals surface area contributed by atoms with Crippen molar-refractivity contribution in [3.63, 3.8) is 0 Å². The molecule has 0 aromatic carbocycles. The topological polar surface area (TPSA) is 18.5 Å². The van der Waals surface area contributed by atoms with Crippen molar-refractivity contribution in [1.82, 2.24) is 0 Å². The molecule has 0 N–H and O–H groups in total. The van der Waals surface area contributed by atoms with E-state index in [0.717, 1.165) is 37.7 Å². The second kappa shape index (κ2) is 15.2. The smallest absolute Gasteiger partial charge is 0.180 e. The Bertz CT molecular complexity index is 700. The van der Waals surface area contributed by atoms with Gasteiger partial charge in [0.25, 0.3) is 0 Å². The predicted molar refractivity (Wildman–Crippen MR) is 150 cm³/mol. The van der Waals surface area contributed by atoms with Crippen LogP contribution in [0.5, 0.6) is 0 Å². The maximum atomic E-state index is 6.67. The molecule has 35 heavy (non-hydrogen) atoms. The molecule has 1 heterocycles. The summed E-state index contributed by atoms with van der Waals surface area (Å²) in [5.74, 6) is 1.38. The van der Waals surface area contributed by atoms with Crippen molar-refractivity contribution in [2.75, 3.05) is 0 Å². The molecule has 0 spiro atoms. The van der Waals surface area contributed by atoms with Crippen molar-refractivity contribution >= 4 is 0 Å². The second-order valence-electron chi connectivity index (χ2n) is 12.0. The molecule has 3 aliphatic rings. The SMILES string of the molecule is C=C(CCC=C(C)CCC=C(C)CCC=C(C)C)C1O[C@@H](C2CCCCC2)[C@H](C2CCCCC2)O1. The largest absolute Gasteiger partial charge is 0.342 e. The van der Waals surface area contributed by atoms with Crippen molar-refractivity contribution in [3.05, 3.63) is 47.1 Å². The van der Waals surface area contributed by atoms with Crippen molar-refractivity contribution < 1.29 is 9.47 Å². The van der Waals surface area contributed by atoms with Gasteiger partial charge in [-0.1, -0.05) is 80.1 Å². The molecule has 2 atom stereocenters. The third kappa shape index (κ3) is 9.69. The lowest BCUT2D eigenvalue weighted by atomic mass is 9.77. The summed E-state index contributed by atoms with van der Waals surface area (Å²) in [5.41, 5.74) is 5.56. The second-order valence-corrected chi connectivity index (χ2v) is 12.0. The van der Waals surface area contributed by atoms with Gasteiger partial charge in [0.05, 0.1) is 12.2 Å². The molecular weight excluding hydrogens is 428 g/mol. The van der Waals surface area contributed by atoms with E-state index in [0.29, 0.717) is 24.0 Å². The highest BCUT2D eigenvalue weighted by Crippen LogP contribution is 2.42. The van der Waals surface area contributed by atoms with Crippen LogP contribution in [-0.2, 0) is 9.47 Å². The summed E-state index contributed by atoms with van der Waals surface area (Å²) in [5, 5.41) is 0. The lowest BCUT2D eigenvalue weighted by molar-refractivity contribution is -0.0530. The van der Waals surface area contributed by atoms with Crippen LogP contribution < -0.4 is 0 Å². The Morgan fingerprint density at radius 1 is 0.629 bits per heavy atom. The summed E-state index contributed by atoms with van der Waals surface area (Å²) in [6.45, 7) is 13.3. The number of allylic oxidation sites excluding steroid dienone is 6. The van der Waals surface area contributed by atoms with Gasteiger partial charge in [0.2, 0.25) is 0 Å². The van der Waals surface area contributed by atoms with E-state index < -0.39 is 0 Å². The molecule has 0 aromatic rings. The van der Waals surface area contributed by atoms with Gasteiger partial charge in [-0.05, 0) is 109 Å². The molecule has 2 nitrogen and oxygen atoms in total. The first-order valence-corrected chi connectivity index (χ1v) is 14.9. The van der Waals surface area contributed by atoms with E-state index in [1.165, 1.54) is 87.3 Å². The fraction of sp³-hybridized carbons (Fsp3) is 0.758. The highest BCUT2D eigenvalue weighted by atomic mass is 16.7. The standard InChI is InChI=1S/C33H54O2/c1-25(2)15-12-16-26(3)17-13-18-27(4)19-14-20-28(5)33-34-31(29-21-8-6-9-22-29)32(35-33)30-23-10-7-11-24-30/h15,17,19,29-33H,5-14,16,18,20-24H2,1-4H3/t31-,32-/m0/s1. The minimum atomic E-state index is -0.186. The Hall–Kier alpha value is -1.12. The first kappa shape index (κ1) is 28.5. The van der Waals surface area contributed by atoms with E-state index in [1.807, 2.05) is 0 Å². The molecule has 3 fully saturated rings. The van der Waals surface area contributed by atoms with E-state index in [9.17, 15) is 0 Å². The third-order valence-corrected chi connectivity index (χ3v) is 8.53. The molecule has 1 saturated heterocycles. The Labute approximate surface area is 217 Å². The monoisotopic (exact) mass is 482 g/mol. The van der Waals surface area contributed by atoms with E-state index in [1.54, 1.807) is 0 Å². The first-order chi connectivity index (χ1) is 16.9. The normalized spacial score (nSPS) is 25.7. The van der Waals surface area contributed by atoms with Crippen LogP contribution in [0.2, 0.25) is 0 Å². The quantitative estimate of drug-likeness (QED) is 0.258. The van der Waals surface area contributed by atoms with Gasteiger partial charge in [0.1, 0.15) is 0 Å². The van der Waals surface area contributed by atoms with Gasteiger partial charge in [-0.15, -0.1) is 0 Å². The van der Waals surface area contributed by atoms with Crippen molar-refractivity contribution in [1.29, 1.82) is 0 Å². The summed E-state index contributed by atoms with van der Waals surface area (Å²) < 4.78 is 13.3. The van der Waals surface area contributed by atoms with Gasteiger partial charge in [-0.25, -0.2) is 0 Å². The Morgan fingerprint density at radius 2 is 1.06 bits per heavy atom. The van der Waals surface area contributed by atoms with Crippen molar-refractivity contribution in [2.24, 2.45) is 11.8 Å². The van der Waals surface area contributed by atoms with E-state index in [4.69, 9.17) is 9.47 Å². The predicted octanol–water partition coefficient (Wildman–Crippen LogP) is 10.0. The van der Waals surface area contributed by atoms with Gasteiger partial charge in [0.15, 0.2) is 6.29 Å². The Morgan fingerprint density at radius 3 is 1.51 bits per heavy atom. The zero-order valence-electron chi connectivity index (χ0n) is 23.5. The average Bonchev–Trinajstić information content (AvgIpc) is 3.31. The number of hydrogen-bond acceptors (Lipinski definition) is 2. The van der Waals surface area contributed by atoms with E-state index in [-0.39, 0.29) is 6.29 Å². The van der Waals surface area contributed by atoms with Gasteiger partial charge < -0.3 is 9.47 Å². The van der Waals surface area contributed by atoms with Crippen LogP contribution >= 0.6 is 0 Å². The third-order valence-electron chi connectivity index (χ3n) is 8.53. The van der Waals surface area contributed by atoms with Crippen LogP contribution in [0, 0.1) is 11.8 Å². The van der Waals surface area contributed by atoms with Crippen LogP contribution in [0.3, 0.4) is 0 Å². The summed E-state index contributed by atoms with van der Waals surface area (Å²) in [6.07, 6.45) is 27.7. The Kier molecular flexibility index (Phi) is 12.4. The fourth-order valence-electron chi connectivity index (χ4n) is 6.31. The summed E-state index contributed by atoms with van der Waals surface area (Å²) in [4.78, 5) is 0. The van der Waals surface area contributed by atoms with Crippen LogP contribution in [0.25, 0.3) is 0 Å². The maximum absolute atomic E-state index is 6.67. The molecule has 0 bridgehead atoms. The van der Waals surface area contributed by atoms with Crippen LogP contribution in [-0.4, -0.2) is 18.5 Å². The summed E-state index contributed by atoms with van der Waals surface area (Å²) in [6, 6.07) is 0.